The van der Waals surface area contributed by atoms with Gasteiger partial charge in [0.15, 0.2) is 0 Å². The van der Waals surface area contributed by atoms with Gasteiger partial charge in [0.25, 0.3) is 0 Å². The predicted octanol–water partition coefficient (Wildman–Crippen LogP) is 2.14. The minimum absolute atomic E-state index is 0.249. The van der Waals surface area contributed by atoms with Crippen LogP contribution in [0.3, 0.4) is 0 Å². The van der Waals surface area contributed by atoms with Crippen LogP contribution in [0.15, 0.2) is 22.8 Å². The van der Waals surface area contributed by atoms with Gasteiger partial charge >= 0.3 is 0 Å². The number of hydrogen-bond donors (Lipinski definition) is 3. The summed E-state index contributed by atoms with van der Waals surface area (Å²) in [6.07, 6.45) is 2.78. The third kappa shape index (κ3) is 1.51. The van der Waals surface area contributed by atoms with Crippen LogP contribution in [0.25, 0.3) is 10.9 Å². The van der Waals surface area contributed by atoms with Crippen molar-refractivity contribution in [3.8, 4) is 5.75 Å². The average Bonchev–Trinajstić information content (AvgIpc) is 2.51. The summed E-state index contributed by atoms with van der Waals surface area (Å²) < 4.78 is 0.711. The molecule has 0 aliphatic carbocycles. The summed E-state index contributed by atoms with van der Waals surface area (Å²) in [6.45, 7) is 0.630. The van der Waals surface area contributed by atoms with Crippen LogP contribution < -0.4 is 5.73 Å². The molecule has 0 saturated carbocycles. The molecule has 0 bridgehead atoms. The highest BCUT2D eigenvalue weighted by Gasteiger charge is 2.06. The van der Waals surface area contributed by atoms with E-state index in [-0.39, 0.29) is 5.75 Å². The first-order valence-electron chi connectivity index (χ1n) is 4.41. The Morgan fingerprint density at radius 2 is 2.21 bits per heavy atom. The molecule has 0 atom stereocenters. The second-order valence-corrected chi connectivity index (χ2v) is 4.06. The van der Waals surface area contributed by atoms with Crippen LogP contribution >= 0.6 is 15.9 Å². The summed E-state index contributed by atoms with van der Waals surface area (Å²) in [7, 11) is 0. The van der Waals surface area contributed by atoms with Crippen molar-refractivity contribution in [3.05, 3.63) is 28.4 Å². The molecule has 0 radical (unpaired) electrons. The molecule has 0 amide bonds. The number of rotatable bonds is 2. The summed E-state index contributed by atoms with van der Waals surface area (Å²) >= 11 is 3.29. The smallest absolute Gasteiger partial charge is 0.131 e. The summed E-state index contributed by atoms with van der Waals surface area (Å²) in [5.74, 6) is 0.249. The average molecular weight is 255 g/mol. The van der Waals surface area contributed by atoms with Crippen molar-refractivity contribution >= 4 is 26.8 Å². The number of aromatic hydroxyl groups is 1. The maximum absolute atomic E-state index is 9.46. The van der Waals surface area contributed by atoms with Crippen molar-refractivity contribution in [1.82, 2.24) is 4.98 Å². The second kappa shape index (κ2) is 3.63. The fourth-order valence-corrected chi connectivity index (χ4v) is 1.90. The van der Waals surface area contributed by atoms with E-state index in [0.29, 0.717) is 11.0 Å². The number of aromatic nitrogens is 1. The fraction of sp³-hybridized carbons (Fsp3) is 0.200. The van der Waals surface area contributed by atoms with Crippen LogP contribution in [0.2, 0.25) is 0 Å². The maximum Gasteiger partial charge on any atom is 0.131 e. The van der Waals surface area contributed by atoms with E-state index in [9.17, 15) is 5.11 Å². The van der Waals surface area contributed by atoms with Gasteiger partial charge in [-0.3, -0.25) is 0 Å². The Morgan fingerprint density at radius 3 is 2.93 bits per heavy atom. The molecule has 0 fully saturated rings. The van der Waals surface area contributed by atoms with Crippen LogP contribution in [0.5, 0.6) is 5.75 Å². The molecular formula is C10H11BrN2O. The van der Waals surface area contributed by atoms with E-state index in [2.05, 4.69) is 20.9 Å². The Balaban J connectivity index is 2.61. The van der Waals surface area contributed by atoms with Gasteiger partial charge in [-0.1, -0.05) is 0 Å². The second-order valence-electron chi connectivity index (χ2n) is 3.20. The first kappa shape index (κ1) is 9.55. The van der Waals surface area contributed by atoms with Crippen LogP contribution in [0, 0.1) is 0 Å². The highest BCUT2D eigenvalue weighted by Crippen LogP contribution is 2.30. The number of nitrogens with one attached hydrogen (secondary N) is 1. The minimum Gasteiger partial charge on any atom is -0.507 e. The van der Waals surface area contributed by atoms with Gasteiger partial charge in [0.1, 0.15) is 5.75 Å². The van der Waals surface area contributed by atoms with Crippen LogP contribution in [0.1, 0.15) is 5.56 Å². The molecule has 1 aromatic carbocycles. The van der Waals surface area contributed by atoms with Crippen LogP contribution in [-0.2, 0) is 6.42 Å². The van der Waals surface area contributed by atoms with Gasteiger partial charge < -0.3 is 15.8 Å². The third-order valence-corrected chi connectivity index (χ3v) is 2.88. The van der Waals surface area contributed by atoms with Crippen molar-refractivity contribution in [1.29, 1.82) is 0 Å². The molecule has 0 aliphatic rings. The first-order valence-corrected chi connectivity index (χ1v) is 5.20. The highest BCUT2D eigenvalue weighted by atomic mass is 79.9. The molecule has 3 nitrogen and oxygen atoms in total. The van der Waals surface area contributed by atoms with Crippen molar-refractivity contribution < 1.29 is 5.11 Å². The number of hydrogen-bond acceptors (Lipinski definition) is 2. The molecule has 14 heavy (non-hydrogen) atoms. The van der Waals surface area contributed by atoms with E-state index >= 15 is 0 Å². The first-order chi connectivity index (χ1) is 6.72. The molecule has 0 saturated heterocycles. The Labute approximate surface area is 90.1 Å². The fourth-order valence-electron chi connectivity index (χ4n) is 1.55. The van der Waals surface area contributed by atoms with Crippen molar-refractivity contribution in [3.63, 3.8) is 0 Å². The standard InChI is InChI=1S/C10H11BrN2O/c11-8-3-7-6(1-2-12)5-13-9(7)4-10(8)14/h3-5,13-14H,1-2,12H2. The van der Waals surface area contributed by atoms with Gasteiger partial charge in [0.2, 0.25) is 0 Å². The van der Waals surface area contributed by atoms with E-state index in [1.807, 2.05) is 12.3 Å². The number of H-pyrrole nitrogens is 1. The van der Waals surface area contributed by atoms with E-state index in [1.54, 1.807) is 6.07 Å². The van der Waals surface area contributed by atoms with Gasteiger partial charge in [0, 0.05) is 23.2 Å². The van der Waals surface area contributed by atoms with Crippen molar-refractivity contribution in [2.45, 2.75) is 6.42 Å². The number of aromatic amines is 1. The Bertz CT molecular complexity index is 464. The van der Waals surface area contributed by atoms with Gasteiger partial charge in [-0.2, -0.15) is 0 Å². The lowest BCUT2D eigenvalue weighted by Gasteiger charge is -1.99. The summed E-state index contributed by atoms with van der Waals surface area (Å²) in [4.78, 5) is 3.10. The zero-order chi connectivity index (χ0) is 10.1. The molecular weight excluding hydrogens is 244 g/mol. The molecule has 0 unspecified atom stereocenters. The Kier molecular flexibility index (Phi) is 2.48. The lowest BCUT2D eigenvalue weighted by Crippen LogP contribution is -2.01. The Hall–Kier alpha value is -1.00. The van der Waals surface area contributed by atoms with Crippen LogP contribution in [-0.4, -0.2) is 16.6 Å². The topological polar surface area (TPSA) is 62.0 Å². The normalized spacial score (nSPS) is 11.0. The van der Waals surface area contributed by atoms with Crippen molar-refractivity contribution in [2.75, 3.05) is 6.54 Å². The quantitative estimate of drug-likeness (QED) is 0.769. The predicted molar refractivity (Wildman–Crippen MR) is 60.4 cm³/mol. The van der Waals surface area contributed by atoms with Gasteiger partial charge in [-0.15, -0.1) is 0 Å². The zero-order valence-corrected chi connectivity index (χ0v) is 9.13. The minimum atomic E-state index is 0.249. The molecule has 1 aromatic heterocycles. The summed E-state index contributed by atoms with van der Waals surface area (Å²) in [5.41, 5.74) is 7.63. The number of phenolic OH excluding ortho intramolecular Hbond substituents is 1. The monoisotopic (exact) mass is 254 g/mol. The molecule has 0 aliphatic heterocycles. The molecule has 4 N–H and O–H groups in total. The summed E-state index contributed by atoms with van der Waals surface area (Å²) in [6, 6.07) is 3.62. The maximum atomic E-state index is 9.46. The van der Waals surface area contributed by atoms with Gasteiger partial charge in [0.05, 0.1) is 4.47 Å². The number of nitrogens with two attached hydrogens (primary N) is 1. The van der Waals surface area contributed by atoms with E-state index in [0.717, 1.165) is 17.3 Å². The molecule has 2 aromatic rings. The molecule has 4 heteroatoms. The molecule has 74 valence electrons. The number of benzene rings is 1. The molecule has 1 heterocycles. The molecule has 2 rings (SSSR count). The number of halogens is 1. The Morgan fingerprint density at radius 1 is 1.43 bits per heavy atom. The highest BCUT2D eigenvalue weighted by molar-refractivity contribution is 9.10. The zero-order valence-electron chi connectivity index (χ0n) is 7.55. The third-order valence-electron chi connectivity index (χ3n) is 2.25. The number of fused-ring (bicyclic) bond motifs is 1. The van der Waals surface area contributed by atoms with Crippen LogP contribution in [0.4, 0.5) is 0 Å². The lowest BCUT2D eigenvalue weighted by atomic mass is 10.1. The SMILES string of the molecule is NCCc1c[nH]c2cc(O)c(Br)cc12. The van der Waals surface area contributed by atoms with E-state index in [4.69, 9.17) is 5.73 Å². The van der Waals surface area contributed by atoms with Gasteiger partial charge in [-0.25, -0.2) is 0 Å². The summed E-state index contributed by atoms with van der Waals surface area (Å²) in [5, 5.41) is 10.6. The largest absolute Gasteiger partial charge is 0.507 e. The van der Waals surface area contributed by atoms with E-state index in [1.165, 1.54) is 5.56 Å². The van der Waals surface area contributed by atoms with Crippen molar-refractivity contribution in [2.24, 2.45) is 5.73 Å². The molecule has 0 spiro atoms. The lowest BCUT2D eigenvalue weighted by molar-refractivity contribution is 0.473. The van der Waals surface area contributed by atoms with Gasteiger partial charge in [-0.05, 0) is 40.5 Å². The number of phenols is 1. The van der Waals surface area contributed by atoms with E-state index < -0.39 is 0 Å².